The Kier molecular flexibility index (Phi) is 8.11. The van der Waals surface area contributed by atoms with Crippen LogP contribution in [0.15, 0.2) is 18.2 Å². The first-order valence-corrected chi connectivity index (χ1v) is 7.61. The quantitative estimate of drug-likeness (QED) is 0.692. The molecule has 0 fully saturated rings. The van der Waals surface area contributed by atoms with Gasteiger partial charge in [-0.3, -0.25) is 0 Å². The topological polar surface area (TPSA) is 21.3 Å². The summed E-state index contributed by atoms with van der Waals surface area (Å²) in [5.74, 6) is 0. The van der Waals surface area contributed by atoms with Gasteiger partial charge in [0.25, 0.3) is 0 Å². The molecular weight excluding hydrogens is 258 g/mol. The van der Waals surface area contributed by atoms with Crippen molar-refractivity contribution in [1.29, 1.82) is 0 Å². The zero-order valence-electron chi connectivity index (χ0n) is 12.3. The molecule has 0 aliphatic carbocycles. The van der Waals surface area contributed by atoms with E-state index in [1.807, 2.05) is 6.07 Å². The summed E-state index contributed by atoms with van der Waals surface area (Å²) in [5.41, 5.74) is 2.40. The van der Waals surface area contributed by atoms with Gasteiger partial charge in [0.2, 0.25) is 0 Å². The highest BCUT2D eigenvalue weighted by Crippen LogP contribution is 2.19. The fourth-order valence-electron chi connectivity index (χ4n) is 1.99. The summed E-state index contributed by atoms with van der Waals surface area (Å²) in [5, 5.41) is 4.39. The van der Waals surface area contributed by atoms with E-state index in [1.54, 1.807) is 0 Å². The molecule has 1 atom stereocenters. The van der Waals surface area contributed by atoms with E-state index in [9.17, 15) is 0 Å². The Hall–Kier alpha value is -0.570. The molecule has 0 bridgehead atoms. The molecular formula is C16H26ClNO. The lowest BCUT2D eigenvalue weighted by Crippen LogP contribution is -2.36. The van der Waals surface area contributed by atoms with Gasteiger partial charge in [-0.15, -0.1) is 0 Å². The Labute approximate surface area is 122 Å². The third kappa shape index (κ3) is 6.42. The maximum Gasteiger partial charge on any atom is 0.0622 e. The lowest BCUT2D eigenvalue weighted by Gasteiger charge is -2.19. The molecule has 1 N–H and O–H groups in total. The van der Waals surface area contributed by atoms with E-state index in [0.29, 0.717) is 6.04 Å². The molecule has 2 nitrogen and oxygen atoms in total. The molecule has 108 valence electrons. The lowest BCUT2D eigenvalue weighted by atomic mass is 10.0. The van der Waals surface area contributed by atoms with Crippen LogP contribution in [0.25, 0.3) is 0 Å². The van der Waals surface area contributed by atoms with Crippen molar-refractivity contribution >= 4 is 11.6 Å². The molecule has 0 radical (unpaired) electrons. The zero-order valence-corrected chi connectivity index (χ0v) is 13.1. The van der Waals surface area contributed by atoms with Crippen molar-refractivity contribution in [2.45, 2.75) is 46.1 Å². The third-order valence-corrected chi connectivity index (χ3v) is 3.38. The smallest absolute Gasteiger partial charge is 0.0622 e. The molecule has 0 aliphatic rings. The van der Waals surface area contributed by atoms with Crippen LogP contribution in [-0.4, -0.2) is 25.8 Å². The Morgan fingerprint density at radius 3 is 2.68 bits per heavy atom. The molecule has 1 rings (SSSR count). The van der Waals surface area contributed by atoms with Gasteiger partial charge in [0.1, 0.15) is 0 Å². The van der Waals surface area contributed by atoms with Gasteiger partial charge < -0.3 is 10.1 Å². The standard InChI is InChI=1S/C16H26ClNO/c1-4-8-18-15(12-19-9-5-2)11-14-7-6-13(3)10-16(14)17/h6-7,10,15,18H,4-5,8-9,11-12H2,1-3H3. The van der Waals surface area contributed by atoms with Crippen molar-refractivity contribution in [2.24, 2.45) is 0 Å². The van der Waals surface area contributed by atoms with Crippen molar-refractivity contribution in [3.05, 3.63) is 34.3 Å². The second-order valence-electron chi connectivity index (χ2n) is 5.02. The highest BCUT2D eigenvalue weighted by molar-refractivity contribution is 6.31. The summed E-state index contributed by atoms with van der Waals surface area (Å²) in [6, 6.07) is 6.61. The summed E-state index contributed by atoms with van der Waals surface area (Å²) in [7, 11) is 0. The zero-order chi connectivity index (χ0) is 14.1. The number of halogens is 1. The second-order valence-corrected chi connectivity index (χ2v) is 5.43. The van der Waals surface area contributed by atoms with Gasteiger partial charge in [-0.25, -0.2) is 0 Å². The van der Waals surface area contributed by atoms with Gasteiger partial charge in [0, 0.05) is 17.7 Å². The first-order chi connectivity index (χ1) is 9.17. The monoisotopic (exact) mass is 283 g/mol. The van der Waals surface area contributed by atoms with Crippen molar-refractivity contribution in [3.8, 4) is 0 Å². The molecule has 0 aromatic heterocycles. The van der Waals surface area contributed by atoms with E-state index in [4.69, 9.17) is 16.3 Å². The number of ether oxygens (including phenoxy) is 1. The molecule has 0 saturated heterocycles. The number of hydrogen-bond donors (Lipinski definition) is 1. The number of nitrogens with one attached hydrogen (secondary N) is 1. The average Bonchev–Trinajstić information content (AvgIpc) is 2.39. The van der Waals surface area contributed by atoms with Crippen LogP contribution in [0.2, 0.25) is 5.02 Å². The maximum atomic E-state index is 6.30. The average molecular weight is 284 g/mol. The second kappa shape index (κ2) is 9.35. The summed E-state index contributed by atoms with van der Waals surface area (Å²) in [6.07, 6.45) is 3.11. The predicted molar refractivity (Wildman–Crippen MR) is 83.1 cm³/mol. The van der Waals surface area contributed by atoms with Crippen molar-refractivity contribution < 1.29 is 4.74 Å². The van der Waals surface area contributed by atoms with E-state index in [1.165, 1.54) is 11.1 Å². The first-order valence-electron chi connectivity index (χ1n) is 7.23. The minimum atomic E-state index is 0.340. The molecule has 0 aliphatic heterocycles. The first kappa shape index (κ1) is 16.5. The van der Waals surface area contributed by atoms with Gasteiger partial charge >= 0.3 is 0 Å². The number of rotatable bonds is 9. The molecule has 1 aromatic carbocycles. The van der Waals surface area contributed by atoms with E-state index < -0.39 is 0 Å². The van der Waals surface area contributed by atoms with Gasteiger partial charge in [0.05, 0.1) is 6.61 Å². The van der Waals surface area contributed by atoms with Crippen molar-refractivity contribution in [1.82, 2.24) is 5.32 Å². The number of benzene rings is 1. The Morgan fingerprint density at radius 2 is 2.05 bits per heavy atom. The highest BCUT2D eigenvalue weighted by atomic mass is 35.5. The Balaban J connectivity index is 2.58. The molecule has 0 spiro atoms. The van der Waals surface area contributed by atoms with E-state index in [0.717, 1.165) is 44.0 Å². The molecule has 0 saturated carbocycles. The van der Waals surface area contributed by atoms with Crippen molar-refractivity contribution in [2.75, 3.05) is 19.8 Å². The number of hydrogen-bond acceptors (Lipinski definition) is 2. The SMILES string of the molecule is CCCNC(COCCC)Cc1ccc(C)cc1Cl. The Morgan fingerprint density at radius 1 is 1.26 bits per heavy atom. The maximum absolute atomic E-state index is 6.30. The van der Waals surface area contributed by atoms with E-state index in [2.05, 4.69) is 38.2 Å². The molecule has 1 aromatic rings. The minimum absolute atomic E-state index is 0.340. The van der Waals surface area contributed by atoms with Crippen LogP contribution in [0.4, 0.5) is 0 Å². The third-order valence-electron chi connectivity index (χ3n) is 3.03. The largest absolute Gasteiger partial charge is 0.380 e. The minimum Gasteiger partial charge on any atom is -0.380 e. The predicted octanol–water partition coefficient (Wildman–Crippen LogP) is 3.99. The fraction of sp³-hybridized carbons (Fsp3) is 0.625. The normalized spacial score (nSPS) is 12.6. The molecule has 0 heterocycles. The van der Waals surface area contributed by atoms with Crippen LogP contribution < -0.4 is 5.32 Å². The van der Waals surface area contributed by atoms with Crippen molar-refractivity contribution in [3.63, 3.8) is 0 Å². The summed E-state index contributed by atoms with van der Waals surface area (Å²) < 4.78 is 5.67. The lowest BCUT2D eigenvalue weighted by molar-refractivity contribution is 0.112. The summed E-state index contributed by atoms with van der Waals surface area (Å²) in [4.78, 5) is 0. The molecule has 19 heavy (non-hydrogen) atoms. The summed E-state index contributed by atoms with van der Waals surface area (Å²) in [6.45, 7) is 8.96. The van der Waals surface area contributed by atoms with Crippen LogP contribution in [-0.2, 0) is 11.2 Å². The van der Waals surface area contributed by atoms with Gasteiger partial charge in [-0.1, -0.05) is 37.6 Å². The van der Waals surface area contributed by atoms with E-state index >= 15 is 0 Å². The fourth-order valence-corrected chi connectivity index (χ4v) is 2.30. The highest BCUT2D eigenvalue weighted by Gasteiger charge is 2.11. The van der Waals surface area contributed by atoms with E-state index in [-0.39, 0.29) is 0 Å². The van der Waals surface area contributed by atoms with Crippen LogP contribution in [0, 0.1) is 6.92 Å². The molecule has 0 amide bonds. The summed E-state index contributed by atoms with van der Waals surface area (Å²) >= 11 is 6.30. The van der Waals surface area contributed by atoms with Crippen LogP contribution >= 0.6 is 11.6 Å². The van der Waals surface area contributed by atoms with Gasteiger partial charge in [0.15, 0.2) is 0 Å². The van der Waals surface area contributed by atoms with Gasteiger partial charge in [-0.2, -0.15) is 0 Å². The van der Waals surface area contributed by atoms with Crippen LogP contribution in [0.3, 0.4) is 0 Å². The number of aryl methyl sites for hydroxylation is 1. The van der Waals surface area contributed by atoms with Gasteiger partial charge in [-0.05, 0) is 49.9 Å². The Bertz CT molecular complexity index is 368. The molecule has 3 heteroatoms. The van der Waals surface area contributed by atoms with Crippen LogP contribution in [0.5, 0.6) is 0 Å². The van der Waals surface area contributed by atoms with Crippen LogP contribution in [0.1, 0.15) is 37.8 Å². The molecule has 1 unspecified atom stereocenters.